The molecular weight excluding hydrogens is 224 g/mol. The molecule has 18 heavy (non-hydrogen) atoms. The lowest BCUT2D eigenvalue weighted by Gasteiger charge is -2.22. The van der Waals surface area contributed by atoms with Crippen LogP contribution < -0.4 is 10.5 Å². The highest BCUT2D eigenvalue weighted by molar-refractivity contribution is 5.67. The van der Waals surface area contributed by atoms with Gasteiger partial charge in [-0.05, 0) is 49.7 Å². The molecule has 0 aromatic heterocycles. The van der Waals surface area contributed by atoms with Crippen LogP contribution >= 0.6 is 0 Å². The number of nitrogens with two attached hydrogens (primary N) is 1. The van der Waals surface area contributed by atoms with E-state index in [0.29, 0.717) is 13.2 Å². The van der Waals surface area contributed by atoms with Crippen LogP contribution in [0.15, 0.2) is 30.3 Å². The first-order valence-corrected chi connectivity index (χ1v) is 6.60. The van der Waals surface area contributed by atoms with Gasteiger partial charge in [0.15, 0.2) is 0 Å². The van der Waals surface area contributed by atoms with Crippen LogP contribution in [-0.4, -0.2) is 38.2 Å². The van der Waals surface area contributed by atoms with Crippen LogP contribution in [0.25, 0.3) is 5.57 Å². The van der Waals surface area contributed by atoms with Crippen LogP contribution in [0.1, 0.15) is 18.4 Å². The molecule has 0 unspecified atom stereocenters. The summed E-state index contributed by atoms with van der Waals surface area (Å²) in [6.07, 6.45) is 4.34. The molecule has 0 saturated carbocycles. The second kappa shape index (κ2) is 6.57. The monoisotopic (exact) mass is 246 g/mol. The fraction of sp³-hybridized carbons (Fsp3) is 0.467. The maximum atomic E-state index is 5.60. The number of benzene rings is 1. The lowest BCUT2D eigenvalue weighted by molar-refractivity contribution is 0.313. The first kappa shape index (κ1) is 13.1. The summed E-state index contributed by atoms with van der Waals surface area (Å²) in [6.45, 7) is 3.56. The van der Waals surface area contributed by atoms with E-state index in [1.165, 1.54) is 11.1 Å². The van der Waals surface area contributed by atoms with E-state index in [1.807, 2.05) is 12.1 Å². The molecule has 1 aromatic rings. The van der Waals surface area contributed by atoms with Gasteiger partial charge in [0.05, 0.1) is 6.61 Å². The van der Waals surface area contributed by atoms with Crippen molar-refractivity contribution in [3.05, 3.63) is 35.9 Å². The molecule has 3 nitrogen and oxygen atoms in total. The van der Waals surface area contributed by atoms with Gasteiger partial charge in [-0.3, -0.25) is 0 Å². The third-order valence-corrected chi connectivity index (χ3v) is 3.25. The average Bonchev–Trinajstić information content (AvgIpc) is 2.41. The van der Waals surface area contributed by atoms with Gasteiger partial charge in [-0.15, -0.1) is 0 Å². The lowest BCUT2D eigenvalue weighted by Crippen LogP contribution is -2.23. The third-order valence-electron chi connectivity index (χ3n) is 3.25. The Bertz CT molecular complexity index is 397. The minimum absolute atomic E-state index is 0.679. The molecule has 3 heteroatoms. The van der Waals surface area contributed by atoms with Crippen molar-refractivity contribution in [2.45, 2.75) is 12.8 Å². The molecule has 0 saturated heterocycles. The molecule has 0 spiro atoms. The Balaban J connectivity index is 1.95. The Labute approximate surface area is 109 Å². The van der Waals surface area contributed by atoms with Crippen LogP contribution in [0.5, 0.6) is 5.75 Å². The zero-order chi connectivity index (χ0) is 12.8. The average molecular weight is 246 g/mol. The van der Waals surface area contributed by atoms with Gasteiger partial charge >= 0.3 is 0 Å². The van der Waals surface area contributed by atoms with Crippen LogP contribution in [0, 0.1) is 0 Å². The van der Waals surface area contributed by atoms with Gasteiger partial charge in [-0.25, -0.2) is 0 Å². The Morgan fingerprint density at radius 3 is 2.67 bits per heavy atom. The number of nitrogens with zero attached hydrogens (tertiary/aromatic N) is 1. The highest BCUT2D eigenvalue weighted by Crippen LogP contribution is 2.23. The van der Waals surface area contributed by atoms with Gasteiger partial charge in [-0.1, -0.05) is 18.2 Å². The van der Waals surface area contributed by atoms with E-state index in [4.69, 9.17) is 10.5 Å². The van der Waals surface area contributed by atoms with Crippen LogP contribution in [0.3, 0.4) is 0 Å². The predicted molar refractivity (Wildman–Crippen MR) is 75.7 cm³/mol. The Morgan fingerprint density at radius 1 is 1.28 bits per heavy atom. The largest absolute Gasteiger partial charge is 0.494 e. The van der Waals surface area contributed by atoms with Crippen LogP contribution in [0.4, 0.5) is 0 Å². The first-order chi connectivity index (χ1) is 8.79. The Kier molecular flexibility index (Phi) is 4.79. The molecule has 1 aliphatic rings. The molecule has 98 valence electrons. The highest BCUT2D eigenvalue weighted by atomic mass is 16.5. The van der Waals surface area contributed by atoms with Crippen molar-refractivity contribution in [3.63, 3.8) is 0 Å². The summed E-state index contributed by atoms with van der Waals surface area (Å²) < 4.78 is 5.60. The third kappa shape index (κ3) is 3.59. The molecule has 0 bridgehead atoms. The molecule has 1 aliphatic heterocycles. The second-order valence-electron chi connectivity index (χ2n) is 4.76. The molecular formula is C15H22N2O. The molecule has 0 fully saturated rings. The number of hydrogen-bond donors (Lipinski definition) is 1. The van der Waals surface area contributed by atoms with E-state index in [0.717, 1.165) is 31.7 Å². The standard InChI is InChI=1S/C15H22N2O/c1-17-10-7-14(8-11-17)13-3-5-15(6-4-13)18-12-2-9-16/h3-7H,2,8-12,16H2,1H3. The van der Waals surface area contributed by atoms with Gasteiger partial charge in [0.2, 0.25) is 0 Å². The van der Waals surface area contributed by atoms with E-state index in [-0.39, 0.29) is 0 Å². The van der Waals surface area contributed by atoms with Crippen molar-refractivity contribution >= 4 is 5.57 Å². The summed E-state index contributed by atoms with van der Waals surface area (Å²) in [5, 5.41) is 0. The summed E-state index contributed by atoms with van der Waals surface area (Å²) in [6, 6.07) is 8.39. The normalized spacial score (nSPS) is 16.4. The Hall–Kier alpha value is -1.32. The van der Waals surface area contributed by atoms with Crippen LogP contribution in [-0.2, 0) is 0 Å². The minimum Gasteiger partial charge on any atom is -0.494 e. The molecule has 2 N–H and O–H groups in total. The molecule has 1 heterocycles. The topological polar surface area (TPSA) is 38.5 Å². The summed E-state index contributed by atoms with van der Waals surface area (Å²) in [4.78, 5) is 2.33. The maximum Gasteiger partial charge on any atom is 0.119 e. The van der Waals surface area contributed by atoms with Gasteiger partial charge in [0.1, 0.15) is 5.75 Å². The van der Waals surface area contributed by atoms with Gasteiger partial charge in [0, 0.05) is 13.1 Å². The van der Waals surface area contributed by atoms with Crippen molar-refractivity contribution in [1.82, 2.24) is 4.90 Å². The fourth-order valence-corrected chi connectivity index (χ4v) is 2.07. The van der Waals surface area contributed by atoms with E-state index >= 15 is 0 Å². The van der Waals surface area contributed by atoms with Crippen molar-refractivity contribution in [2.24, 2.45) is 5.73 Å². The van der Waals surface area contributed by atoms with Gasteiger partial charge < -0.3 is 15.4 Å². The first-order valence-electron chi connectivity index (χ1n) is 6.60. The molecule has 1 aromatic carbocycles. The number of hydrogen-bond acceptors (Lipinski definition) is 3. The smallest absolute Gasteiger partial charge is 0.119 e. The lowest BCUT2D eigenvalue weighted by atomic mass is 10.00. The summed E-state index contributed by atoms with van der Waals surface area (Å²) in [7, 11) is 2.15. The van der Waals surface area contributed by atoms with Crippen molar-refractivity contribution in [3.8, 4) is 5.75 Å². The minimum atomic E-state index is 0.679. The van der Waals surface area contributed by atoms with E-state index < -0.39 is 0 Å². The fourth-order valence-electron chi connectivity index (χ4n) is 2.07. The quantitative estimate of drug-likeness (QED) is 0.809. The summed E-state index contributed by atoms with van der Waals surface area (Å²) in [5.41, 5.74) is 8.19. The highest BCUT2D eigenvalue weighted by Gasteiger charge is 2.09. The van der Waals surface area contributed by atoms with E-state index in [2.05, 4.69) is 30.2 Å². The molecule has 0 aliphatic carbocycles. The zero-order valence-electron chi connectivity index (χ0n) is 11.1. The summed E-state index contributed by atoms with van der Waals surface area (Å²) >= 11 is 0. The van der Waals surface area contributed by atoms with Crippen molar-refractivity contribution in [1.29, 1.82) is 0 Å². The number of ether oxygens (including phenoxy) is 1. The predicted octanol–water partition coefficient (Wildman–Crippen LogP) is 2.13. The van der Waals surface area contributed by atoms with Crippen molar-refractivity contribution < 1.29 is 4.74 Å². The Morgan fingerprint density at radius 2 is 2.06 bits per heavy atom. The summed E-state index contributed by atoms with van der Waals surface area (Å²) in [5.74, 6) is 0.931. The van der Waals surface area contributed by atoms with Crippen LogP contribution in [0.2, 0.25) is 0 Å². The van der Waals surface area contributed by atoms with Crippen molar-refractivity contribution in [2.75, 3.05) is 33.3 Å². The second-order valence-corrected chi connectivity index (χ2v) is 4.76. The number of likely N-dealkylation sites (N-methyl/N-ethyl adjacent to an activating group) is 1. The van der Waals surface area contributed by atoms with E-state index in [9.17, 15) is 0 Å². The molecule has 2 rings (SSSR count). The maximum absolute atomic E-state index is 5.60. The molecule has 0 atom stereocenters. The molecule has 0 amide bonds. The zero-order valence-corrected chi connectivity index (χ0v) is 11.1. The van der Waals surface area contributed by atoms with Gasteiger partial charge in [0.25, 0.3) is 0 Å². The molecule has 0 radical (unpaired) electrons. The van der Waals surface area contributed by atoms with Gasteiger partial charge in [-0.2, -0.15) is 0 Å². The number of rotatable bonds is 5. The van der Waals surface area contributed by atoms with E-state index in [1.54, 1.807) is 0 Å². The SMILES string of the molecule is CN1CC=C(c2ccc(OCCCN)cc2)CC1.